The molecule has 2 saturated heterocycles. The van der Waals surface area contributed by atoms with E-state index in [1.165, 1.54) is 0 Å². The molecule has 6 aromatic rings. The number of alkyl carbamates (subject to hydrolysis) is 2. The van der Waals surface area contributed by atoms with Gasteiger partial charge in [-0.25, -0.2) is 19.2 Å². The number of hydrogen-bond acceptors (Lipinski definition) is 14. The molecule has 102 heavy (non-hydrogen) atoms. The summed E-state index contributed by atoms with van der Waals surface area (Å²) in [6.45, 7) is 26.6. The first kappa shape index (κ1) is 76.5. The van der Waals surface area contributed by atoms with Gasteiger partial charge in [-0.1, -0.05) is 121 Å². The summed E-state index contributed by atoms with van der Waals surface area (Å²) in [5, 5.41) is 5.51. The van der Waals surface area contributed by atoms with Gasteiger partial charge >= 0.3 is 24.4 Å². The van der Waals surface area contributed by atoms with Crippen molar-refractivity contribution in [3.8, 4) is 11.5 Å². The zero-order valence-corrected chi connectivity index (χ0v) is 62.4. The summed E-state index contributed by atoms with van der Waals surface area (Å²) in [7, 11) is 0. The second kappa shape index (κ2) is 33.0. The van der Waals surface area contributed by atoms with Gasteiger partial charge in [-0.2, -0.15) is 0 Å². The highest BCUT2D eigenvalue weighted by atomic mass is 79.9. The van der Waals surface area contributed by atoms with Crippen molar-refractivity contribution in [3.05, 3.63) is 189 Å². The minimum absolute atomic E-state index is 0.0870. The molecule has 4 atom stereocenters. The Morgan fingerprint density at radius 3 is 1.29 bits per heavy atom. The Hall–Kier alpha value is -9.64. The van der Waals surface area contributed by atoms with Gasteiger partial charge in [0.25, 0.3) is 23.6 Å². The fraction of sp³-hybridized carbons (Fsp3) is 0.443. The number of anilines is 2. The van der Waals surface area contributed by atoms with Gasteiger partial charge in [0, 0.05) is 85.6 Å². The number of piperidine rings is 2. The number of aryl methyl sites for hydroxylation is 1. The lowest BCUT2D eigenvalue weighted by Crippen LogP contribution is -2.55. The Morgan fingerprint density at radius 2 is 0.912 bits per heavy atom. The van der Waals surface area contributed by atoms with Crippen LogP contribution in [0.5, 0.6) is 11.5 Å². The summed E-state index contributed by atoms with van der Waals surface area (Å²) in [4.78, 5) is 119. The van der Waals surface area contributed by atoms with Crippen molar-refractivity contribution >= 4 is 75.3 Å². The summed E-state index contributed by atoms with van der Waals surface area (Å²) in [6, 6.07) is 43.3. The molecule has 4 aliphatic heterocycles. The highest BCUT2D eigenvalue weighted by Gasteiger charge is 2.49. The monoisotopic (exact) mass is 1460 g/mol. The van der Waals surface area contributed by atoms with E-state index in [-0.39, 0.29) is 87.2 Å². The number of amides is 8. The van der Waals surface area contributed by atoms with E-state index in [0.29, 0.717) is 81.3 Å². The first-order valence-electron chi connectivity index (χ1n) is 35.0. The van der Waals surface area contributed by atoms with Crippen LogP contribution in [-0.4, -0.2) is 155 Å². The summed E-state index contributed by atoms with van der Waals surface area (Å²) in [5.74, 6) is -0.270. The van der Waals surface area contributed by atoms with E-state index in [4.69, 9.17) is 28.4 Å². The third-order valence-corrected chi connectivity index (χ3v) is 18.7. The van der Waals surface area contributed by atoms with E-state index in [9.17, 15) is 38.4 Å². The minimum atomic E-state index is -1.37. The normalized spacial score (nSPS) is 18.8. The molecule has 0 saturated carbocycles. The van der Waals surface area contributed by atoms with Crippen molar-refractivity contribution in [2.24, 2.45) is 0 Å². The largest absolute Gasteiger partial charge is 0.471 e. The molecule has 2 N–H and O–H groups in total. The van der Waals surface area contributed by atoms with E-state index >= 15 is 0 Å². The van der Waals surface area contributed by atoms with Gasteiger partial charge in [0.1, 0.15) is 35.9 Å². The summed E-state index contributed by atoms with van der Waals surface area (Å²) in [5.41, 5.74) is 1.37. The number of benzene rings is 6. The number of ether oxygens (including phenoxy) is 6. The third kappa shape index (κ3) is 18.7. The third-order valence-electron chi connectivity index (χ3n) is 18.1. The zero-order chi connectivity index (χ0) is 73.8. The average molecular weight is 1460 g/mol. The maximum Gasteiger partial charge on any atom is 0.410 e. The first-order chi connectivity index (χ1) is 48.3. The van der Waals surface area contributed by atoms with Gasteiger partial charge in [-0.15, -0.1) is 0 Å². The van der Waals surface area contributed by atoms with Crippen LogP contribution in [0.4, 0.5) is 30.6 Å². The fourth-order valence-corrected chi connectivity index (χ4v) is 13.6. The molecule has 8 amide bonds. The Morgan fingerprint density at radius 1 is 0.549 bits per heavy atom. The van der Waals surface area contributed by atoms with Crippen LogP contribution in [-0.2, 0) is 53.0 Å². The summed E-state index contributed by atoms with van der Waals surface area (Å²) in [6.07, 6.45) is 0.911. The van der Waals surface area contributed by atoms with Crippen LogP contribution in [0.25, 0.3) is 0 Å². The highest BCUT2D eigenvalue weighted by Crippen LogP contribution is 2.47. The number of carbonyl (C=O) groups is 8. The van der Waals surface area contributed by atoms with Gasteiger partial charge in [-0.3, -0.25) is 19.2 Å². The van der Waals surface area contributed by atoms with E-state index in [1.807, 2.05) is 202 Å². The molecule has 544 valence electrons. The van der Waals surface area contributed by atoms with Crippen LogP contribution in [0.3, 0.4) is 0 Å². The maximum absolute atomic E-state index is 14.5. The number of nitrogens with zero attached hydrogens (tertiary/aromatic N) is 6. The summed E-state index contributed by atoms with van der Waals surface area (Å²) < 4.78 is 35.5. The van der Waals surface area contributed by atoms with Crippen molar-refractivity contribution in [1.29, 1.82) is 0 Å². The van der Waals surface area contributed by atoms with Gasteiger partial charge in [0.2, 0.25) is 11.2 Å². The van der Waals surface area contributed by atoms with Crippen LogP contribution in [0.2, 0.25) is 0 Å². The van der Waals surface area contributed by atoms with Gasteiger partial charge in [0.15, 0.2) is 0 Å². The first-order valence-corrected chi connectivity index (χ1v) is 35.8. The SMILES string of the molecule is CC(C)N(C(=O)c1cc2c(cc1Br)O[C@@](C)(c1ccccc1)C(=O)N2CCNC(=O)OCc1ccccc1)[C@@H]1CCCN(C(=O)OC(C)(C)C)C1.Cc1cc2c(cc1C(=O)N(C(C)C)[C@@H]1CCCN(C(=O)OC(C)(C)C)C1)N(CCNC(=O)OCc1ccccc1)C(=O)[C@](C)(c1ccccc1)O2. The van der Waals surface area contributed by atoms with Crippen molar-refractivity contribution in [1.82, 2.24) is 30.2 Å². The van der Waals surface area contributed by atoms with Crippen LogP contribution >= 0.6 is 15.9 Å². The van der Waals surface area contributed by atoms with Crippen molar-refractivity contribution < 1.29 is 66.8 Å². The topological polar surface area (TPSA) is 235 Å². The lowest BCUT2D eigenvalue weighted by Gasteiger charge is -2.43. The molecule has 0 aromatic heterocycles. The lowest BCUT2D eigenvalue weighted by molar-refractivity contribution is -0.135. The van der Waals surface area contributed by atoms with Crippen LogP contribution in [0, 0.1) is 6.92 Å². The molecular formula is C79H97BrN8O14. The molecule has 0 aliphatic carbocycles. The number of fused-ring (bicyclic) bond motifs is 2. The van der Waals surface area contributed by atoms with Crippen LogP contribution in [0.15, 0.2) is 150 Å². The number of rotatable bonds is 18. The molecule has 0 unspecified atom stereocenters. The highest BCUT2D eigenvalue weighted by molar-refractivity contribution is 9.10. The number of likely N-dealkylation sites (tertiary alicyclic amines) is 2. The molecule has 23 heteroatoms. The number of carbonyl (C=O) groups excluding carboxylic acids is 8. The second-order valence-corrected chi connectivity index (χ2v) is 29.7. The van der Waals surface area contributed by atoms with Gasteiger partial charge < -0.3 is 68.5 Å². The minimum Gasteiger partial charge on any atom is -0.471 e. The Labute approximate surface area is 607 Å². The molecule has 0 radical (unpaired) electrons. The number of nitrogens with one attached hydrogen (secondary N) is 2. The molecule has 10 rings (SSSR count). The molecule has 0 bridgehead atoms. The van der Waals surface area contributed by atoms with Gasteiger partial charge in [0.05, 0.1) is 29.0 Å². The second-order valence-electron chi connectivity index (χ2n) is 28.9. The Kier molecular flexibility index (Phi) is 24.8. The smallest absolute Gasteiger partial charge is 0.410 e. The van der Waals surface area contributed by atoms with E-state index in [0.717, 1.165) is 36.8 Å². The van der Waals surface area contributed by atoms with Crippen molar-refractivity contribution in [2.75, 3.05) is 62.2 Å². The number of hydrogen-bond donors (Lipinski definition) is 2. The van der Waals surface area contributed by atoms with E-state index < -0.39 is 46.8 Å². The van der Waals surface area contributed by atoms with Crippen molar-refractivity contribution in [3.63, 3.8) is 0 Å². The average Bonchev–Trinajstić information content (AvgIpc) is 0.744. The molecule has 4 aliphatic rings. The molecular weight excluding hydrogens is 1360 g/mol. The van der Waals surface area contributed by atoms with E-state index in [2.05, 4.69) is 26.6 Å². The molecule has 0 spiro atoms. The van der Waals surface area contributed by atoms with Crippen molar-refractivity contribution in [2.45, 2.75) is 175 Å². The fourth-order valence-electron chi connectivity index (χ4n) is 13.1. The molecule has 22 nitrogen and oxygen atoms in total. The Balaban J connectivity index is 0.000000237. The van der Waals surface area contributed by atoms with Crippen LogP contribution < -0.4 is 29.9 Å². The molecule has 2 fully saturated rings. The van der Waals surface area contributed by atoms with Crippen LogP contribution in [0.1, 0.15) is 157 Å². The Bertz CT molecular complexity index is 3710. The quantitative estimate of drug-likeness (QED) is 0.0762. The van der Waals surface area contributed by atoms with Gasteiger partial charge in [-0.05, 0) is 173 Å². The predicted molar refractivity (Wildman–Crippen MR) is 392 cm³/mol. The van der Waals surface area contributed by atoms with E-state index in [1.54, 1.807) is 62.6 Å². The standard InChI is InChI=1S/C40H50N4O7.C39H47BrN4O7/c1-27(2)44(31-19-14-21-42(25-31)38(48)51-39(4,5)6)35(45)32-24-33-34(23-28(32)3)50-40(7,30-17-12-9-13-18-30)36(46)43(33)22-20-41-37(47)49-26-29-15-10-8-11-16-29;1-26(2)44(29-18-13-20-42(24-29)37(48)51-38(3,4)5)34(45)30-22-32-33(23-31(30)40)50-39(6,28-16-11-8-12-17-28)35(46)43(32)21-19-41-36(47)49-25-27-14-9-7-10-15-27/h8-13,15-18,23-24,27,31H,14,19-22,25-26H2,1-7H3,(H,41,47);7-12,14-17,22-23,26,29H,13,18-21,24-25H2,1-6H3,(H,41,47)/t31-,40+;29-,39+/m11/s1. The summed E-state index contributed by atoms with van der Waals surface area (Å²) >= 11 is 3.63. The number of halogens is 1. The predicted octanol–water partition coefficient (Wildman–Crippen LogP) is 14.1. The molecule has 4 heterocycles. The molecule has 6 aromatic carbocycles. The zero-order valence-electron chi connectivity index (χ0n) is 60.8. The maximum atomic E-state index is 14.5. The lowest BCUT2D eigenvalue weighted by atomic mass is 9.91.